The average molecular weight is 436 g/mol. The summed E-state index contributed by atoms with van der Waals surface area (Å²) in [6.07, 6.45) is 4.38. The number of hydrogen-bond acceptors (Lipinski definition) is 6. The van der Waals surface area contributed by atoms with E-state index in [0.717, 1.165) is 19.3 Å². The Morgan fingerprint density at radius 2 is 1.58 bits per heavy atom. The first kappa shape index (κ1) is 26.5. The first-order valence-corrected chi connectivity index (χ1v) is 11.1. The van der Waals surface area contributed by atoms with E-state index in [9.17, 15) is 14.4 Å². The van der Waals surface area contributed by atoms with Gasteiger partial charge in [0.1, 0.15) is 6.61 Å². The third kappa shape index (κ3) is 12.7. The molecule has 7 heteroatoms. The summed E-state index contributed by atoms with van der Waals surface area (Å²) in [6.45, 7) is 6.60. The van der Waals surface area contributed by atoms with Crippen molar-refractivity contribution in [3.63, 3.8) is 0 Å². The van der Waals surface area contributed by atoms with Crippen LogP contribution in [0.5, 0.6) is 0 Å². The molecule has 0 unspecified atom stereocenters. The summed E-state index contributed by atoms with van der Waals surface area (Å²) in [4.78, 5) is 35.1. The summed E-state index contributed by atoms with van der Waals surface area (Å²) >= 11 is 0. The fraction of sp³-hybridized carbons (Fsp3) is 0.625. The van der Waals surface area contributed by atoms with E-state index in [1.165, 1.54) is 5.56 Å². The molecule has 0 saturated carbocycles. The second-order valence-corrected chi connectivity index (χ2v) is 8.06. The molecule has 31 heavy (non-hydrogen) atoms. The Kier molecular flexibility index (Phi) is 13.0. The molecule has 174 valence electrons. The fourth-order valence-electron chi connectivity index (χ4n) is 2.58. The molecule has 0 spiro atoms. The lowest BCUT2D eigenvalue weighted by Crippen LogP contribution is -2.32. The predicted molar refractivity (Wildman–Crippen MR) is 119 cm³/mol. The van der Waals surface area contributed by atoms with Crippen molar-refractivity contribution in [2.24, 2.45) is 5.41 Å². The van der Waals surface area contributed by atoms with Crippen LogP contribution in [-0.2, 0) is 30.2 Å². The number of aryl methyl sites for hydroxylation is 1. The van der Waals surface area contributed by atoms with Gasteiger partial charge in [0.2, 0.25) is 0 Å². The highest BCUT2D eigenvalue weighted by Gasteiger charge is 2.26. The Morgan fingerprint density at radius 3 is 2.29 bits per heavy atom. The van der Waals surface area contributed by atoms with Gasteiger partial charge in [-0.3, -0.25) is 9.59 Å². The topological polar surface area (TPSA) is 90.9 Å². The van der Waals surface area contributed by atoms with E-state index < -0.39 is 11.5 Å². The van der Waals surface area contributed by atoms with Gasteiger partial charge >= 0.3 is 18.0 Å². The largest absolute Gasteiger partial charge is 0.466 e. The number of carbonyl (C=O) groups is 3. The first-order chi connectivity index (χ1) is 14.8. The quantitative estimate of drug-likeness (QED) is 0.249. The Bertz CT molecular complexity index is 659. The standard InChI is InChI=1S/C24H37NO6/c1-4-24(2,3)22(27)30-19-16-25-23(28)31-17-10-6-9-15-21(26)29-18-11-14-20-12-7-5-8-13-20/h5,7-8,12-13H,4,6,9-11,14-19H2,1-3H3,(H,25,28). The average Bonchev–Trinajstić information content (AvgIpc) is 2.77. The summed E-state index contributed by atoms with van der Waals surface area (Å²) in [7, 11) is 0. The van der Waals surface area contributed by atoms with Crippen molar-refractivity contribution >= 4 is 18.0 Å². The van der Waals surface area contributed by atoms with E-state index in [4.69, 9.17) is 14.2 Å². The number of amides is 1. The minimum Gasteiger partial charge on any atom is -0.466 e. The third-order valence-corrected chi connectivity index (χ3v) is 5.02. The maximum atomic E-state index is 11.8. The molecule has 0 aliphatic carbocycles. The molecule has 0 bridgehead atoms. The zero-order valence-corrected chi connectivity index (χ0v) is 19.1. The number of carbonyl (C=O) groups excluding carboxylic acids is 3. The number of esters is 2. The smallest absolute Gasteiger partial charge is 0.407 e. The molecule has 0 aromatic heterocycles. The van der Waals surface area contributed by atoms with Crippen LogP contribution in [0.1, 0.15) is 64.9 Å². The van der Waals surface area contributed by atoms with Crippen LogP contribution in [0.25, 0.3) is 0 Å². The Hall–Kier alpha value is -2.57. The van der Waals surface area contributed by atoms with Crippen LogP contribution in [-0.4, -0.2) is 44.4 Å². The lowest BCUT2D eigenvalue weighted by atomic mass is 9.91. The van der Waals surface area contributed by atoms with Crippen molar-refractivity contribution in [3.05, 3.63) is 35.9 Å². The van der Waals surface area contributed by atoms with Gasteiger partial charge in [-0.05, 0) is 57.9 Å². The van der Waals surface area contributed by atoms with Crippen LogP contribution in [0.2, 0.25) is 0 Å². The van der Waals surface area contributed by atoms with Gasteiger partial charge in [-0.25, -0.2) is 4.79 Å². The molecular weight excluding hydrogens is 398 g/mol. The molecule has 0 aliphatic rings. The molecule has 7 nitrogen and oxygen atoms in total. The van der Waals surface area contributed by atoms with Gasteiger partial charge < -0.3 is 19.5 Å². The van der Waals surface area contributed by atoms with E-state index in [1.54, 1.807) is 0 Å². The summed E-state index contributed by atoms with van der Waals surface area (Å²) < 4.78 is 15.4. The molecule has 1 aromatic carbocycles. The second kappa shape index (κ2) is 15.3. The lowest BCUT2D eigenvalue weighted by molar-refractivity contribution is -0.154. The van der Waals surface area contributed by atoms with Crippen molar-refractivity contribution in [2.45, 2.75) is 65.7 Å². The van der Waals surface area contributed by atoms with Crippen LogP contribution in [0.3, 0.4) is 0 Å². The highest BCUT2D eigenvalue weighted by Crippen LogP contribution is 2.21. The first-order valence-electron chi connectivity index (χ1n) is 11.1. The number of alkyl carbamates (subject to hydrolysis) is 1. The van der Waals surface area contributed by atoms with Gasteiger partial charge in [-0.2, -0.15) is 0 Å². The maximum absolute atomic E-state index is 11.8. The number of hydrogen-bond donors (Lipinski definition) is 1. The SMILES string of the molecule is CCC(C)(C)C(=O)OCCNC(=O)OCCCCCC(=O)OCCCc1ccccc1. The molecular formula is C24H37NO6. The molecule has 0 saturated heterocycles. The van der Waals surface area contributed by atoms with Crippen LogP contribution >= 0.6 is 0 Å². The monoisotopic (exact) mass is 435 g/mol. The van der Waals surface area contributed by atoms with Crippen LogP contribution in [0.15, 0.2) is 30.3 Å². The Morgan fingerprint density at radius 1 is 0.871 bits per heavy atom. The second-order valence-electron chi connectivity index (χ2n) is 8.06. The third-order valence-electron chi connectivity index (χ3n) is 5.02. The summed E-state index contributed by atoms with van der Waals surface area (Å²) in [5, 5.41) is 2.54. The van der Waals surface area contributed by atoms with E-state index >= 15 is 0 Å². The zero-order valence-electron chi connectivity index (χ0n) is 19.1. The summed E-state index contributed by atoms with van der Waals surface area (Å²) in [5.41, 5.74) is 0.721. The summed E-state index contributed by atoms with van der Waals surface area (Å²) in [6, 6.07) is 10.1. The molecule has 1 rings (SSSR count). The van der Waals surface area contributed by atoms with E-state index in [1.807, 2.05) is 39.0 Å². The predicted octanol–water partition coefficient (Wildman–Crippen LogP) is 4.43. The van der Waals surface area contributed by atoms with Gasteiger partial charge in [0, 0.05) is 6.42 Å². The molecule has 0 aliphatic heterocycles. The van der Waals surface area contributed by atoms with Crippen LogP contribution in [0.4, 0.5) is 4.79 Å². The van der Waals surface area contributed by atoms with Gasteiger partial charge in [-0.1, -0.05) is 37.3 Å². The van der Waals surface area contributed by atoms with Crippen LogP contribution < -0.4 is 5.32 Å². The normalized spacial score (nSPS) is 10.9. The summed E-state index contributed by atoms with van der Waals surface area (Å²) in [5.74, 6) is -0.465. The zero-order chi connectivity index (χ0) is 23.0. The highest BCUT2D eigenvalue weighted by atomic mass is 16.6. The number of ether oxygens (including phenoxy) is 3. The van der Waals surface area contributed by atoms with Crippen LogP contribution in [0, 0.1) is 5.41 Å². The Labute approximate surface area is 185 Å². The molecule has 1 N–H and O–H groups in total. The number of benzene rings is 1. The van der Waals surface area contributed by atoms with Crippen molar-refractivity contribution in [1.82, 2.24) is 5.32 Å². The molecule has 0 radical (unpaired) electrons. The Balaban J connectivity index is 1.93. The van der Waals surface area contributed by atoms with Gasteiger partial charge in [0.05, 0.1) is 25.2 Å². The molecule has 1 amide bonds. The van der Waals surface area contributed by atoms with Crippen molar-refractivity contribution in [1.29, 1.82) is 0 Å². The van der Waals surface area contributed by atoms with Gasteiger partial charge in [0.25, 0.3) is 0 Å². The molecule has 0 fully saturated rings. The fourth-order valence-corrected chi connectivity index (χ4v) is 2.58. The van der Waals surface area contributed by atoms with E-state index in [-0.39, 0.29) is 31.7 Å². The molecule has 0 atom stereocenters. The van der Waals surface area contributed by atoms with Crippen molar-refractivity contribution < 1.29 is 28.6 Å². The number of unbranched alkanes of at least 4 members (excludes halogenated alkanes) is 2. The number of nitrogens with one attached hydrogen (secondary N) is 1. The van der Waals surface area contributed by atoms with Crippen molar-refractivity contribution in [2.75, 3.05) is 26.4 Å². The van der Waals surface area contributed by atoms with Crippen molar-refractivity contribution in [3.8, 4) is 0 Å². The van der Waals surface area contributed by atoms with E-state index in [2.05, 4.69) is 17.4 Å². The minimum absolute atomic E-state index is 0.116. The van der Waals surface area contributed by atoms with E-state index in [0.29, 0.717) is 32.3 Å². The van der Waals surface area contributed by atoms with Gasteiger partial charge in [-0.15, -0.1) is 0 Å². The molecule has 1 aromatic rings. The van der Waals surface area contributed by atoms with Gasteiger partial charge in [0.15, 0.2) is 0 Å². The molecule has 0 heterocycles. The minimum atomic E-state index is -0.538. The maximum Gasteiger partial charge on any atom is 0.407 e. The highest BCUT2D eigenvalue weighted by molar-refractivity contribution is 5.75. The number of rotatable bonds is 15. The lowest BCUT2D eigenvalue weighted by Gasteiger charge is -2.20.